The number of unbranched alkanes of at least 4 members (excludes halogenated alkanes) is 3. The van der Waals surface area contributed by atoms with E-state index >= 15 is 0 Å². The minimum Gasteiger partial charge on any atom is -0.497 e. The molecule has 0 aliphatic heterocycles. The standard InChI is InChI=1S/C42H40O4.C3H6O/c1-4-34-26-31(10-11-32-14-18-38-29-40(44-3)22-20-36(38)27-32)12-16-35(34)17-13-33-15-19-39-30-41(23-21-37(39)28-33)45-24-8-6-7-9-25-46-42(43)5-2;1-2-3-4/h12,14-16,18-23,26-30H,4-9,24-25H2,1-3H3;3H,2H2,1H3. The number of benzene rings is 5. The van der Waals surface area contributed by atoms with Gasteiger partial charge in [0.2, 0.25) is 0 Å². The average Bonchev–Trinajstić information content (AvgIpc) is 3.16. The van der Waals surface area contributed by atoms with E-state index in [0.29, 0.717) is 26.1 Å². The van der Waals surface area contributed by atoms with Gasteiger partial charge in [0, 0.05) is 35.1 Å². The lowest BCUT2D eigenvalue weighted by Crippen LogP contribution is -2.04. The first kappa shape index (κ1) is 37.3. The summed E-state index contributed by atoms with van der Waals surface area (Å²) < 4.78 is 16.4. The Morgan fingerprint density at radius 2 is 1.14 bits per heavy atom. The highest BCUT2D eigenvalue weighted by Gasteiger charge is 2.03. The van der Waals surface area contributed by atoms with E-state index in [0.717, 1.165) is 93.7 Å². The van der Waals surface area contributed by atoms with Crippen LogP contribution in [0.3, 0.4) is 0 Å². The second-order valence-corrected chi connectivity index (χ2v) is 11.8. The maximum absolute atomic E-state index is 11.2. The average molecular weight is 667 g/mol. The third kappa shape index (κ3) is 11.6. The van der Waals surface area contributed by atoms with Crippen LogP contribution in [0.15, 0.2) is 91.0 Å². The molecule has 5 heteroatoms. The summed E-state index contributed by atoms with van der Waals surface area (Å²) in [5.41, 5.74) is 5.15. The maximum Gasteiger partial charge on any atom is 0.305 e. The van der Waals surface area contributed by atoms with Crippen LogP contribution >= 0.6 is 0 Å². The van der Waals surface area contributed by atoms with Gasteiger partial charge in [-0.25, -0.2) is 0 Å². The molecule has 0 spiro atoms. The summed E-state index contributed by atoms with van der Waals surface area (Å²) in [7, 11) is 1.68. The Bertz CT molecular complexity index is 2020. The SMILES string of the molecule is CCC(=O)OCCCCCCOc1ccc2cc(C#Cc3ccc(C#Cc4ccc5cc(OC)ccc5c4)cc3CC)ccc2c1.CCC=O. The maximum atomic E-state index is 11.2. The van der Waals surface area contributed by atoms with Gasteiger partial charge in [-0.3, -0.25) is 4.79 Å². The Hall–Kier alpha value is -5.52. The summed E-state index contributed by atoms with van der Waals surface area (Å²) >= 11 is 0. The fourth-order valence-corrected chi connectivity index (χ4v) is 5.23. The van der Waals surface area contributed by atoms with Gasteiger partial charge >= 0.3 is 5.97 Å². The van der Waals surface area contributed by atoms with E-state index < -0.39 is 0 Å². The van der Waals surface area contributed by atoms with Crippen molar-refractivity contribution in [3.63, 3.8) is 0 Å². The molecule has 5 rings (SSSR count). The van der Waals surface area contributed by atoms with Gasteiger partial charge in [-0.2, -0.15) is 0 Å². The van der Waals surface area contributed by atoms with Crippen molar-refractivity contribution in [2.45, 2.75) is 65.7 Å². The largest absolute Gasteiger partial charge is 0.497 e. The van der Waals surface area contributed by atoms with E-state index in [4.69, 9.17) is 14.2 Å². The Morgan fingerprint density at radius 1 is 0.620 bits per heavy atom. The fraction of sp³-hybridized carbons (Fsp3) is 0.289. The first-order chi connectivity index (χ1) is 24.5. The van der Waals surface area contributed by atoms with Crippen molar-refractivity contribution in [1.82, 2.24) is 0 Å². The monoisotopic (exact) mass is 666 g/mol. The minimum absolute atomic E-state index is 0.128. The van der Waals surface area contributed by atoms with E-state index in [-0.39, 0.29) is 5.97 Å². The predicted molar refractivity (Wildman–Crippen MR) is 204 cm³/mol. The molecule has 0 amide bonds. The van der Waals surface area contributed by atoms with Crippen LogP contribution in [-0.4, -0.2) is 32.6 Å². The first-order valence-electron chi connectivity index (χ1n) is 17.5. The quantitative estimate of drug-likeness (QED) is 0.0574. The number of ether oxygens (including phenoxy) is 3. The summed E-state index contributed by atoms with van der Waals surface area (Å²) in [4.78, 5) is 20.3. The molecule has 0 bridgehead atoms. The van der Waals surface area contributed by atoms with Crippen LogP contribution in [-0.2, 0) is 20.7 Å². The molecule has 0 aliphatic carbocycles. The van der Waals surface area contributed by atoms with Crippen molar-refractivity contribution in [1.29, 1.82) is 0 Å². The summed E-state index contributed by atoms with van der Waals surface area (Å²) in [6.45, 7) is 6.96. The lowest BCUT2D eigenvalue weighted by Gasteiger charge is -2.08. The van der Waals surface area contributed by atoms with E-state index in [9.17, 15) is 9.59 Å². The fourth-order valence-electron chi connectivity index (χ4n) is 5.23. The number of rotatable bonds is 12. The number of esters is 1. The smallest absolute Gasteiger partial charge is 0.305 e. The van der Waals surface area contributed by atoms with Gasteiger partial charge in [0.1, 0.15) is 17.8 Å². The van der Waals surface area contributed by atoms with Crippen LogP contribution in [0.4, 0.5) is 0 Å². The molecule has 5 nitrogen and oxygen atoms in total. The molecule has 0 aromatic heterocycles. The van der Waals surface area contributed by atoms with E-state index in [1.807, 2.05) is 44.2 Å². The Balaban J connectivity index is 0.00000133. The van der Waals surface area contributed by atoms with Gasteiger partial charge in [-0.1, -0.05) is 68.7 Å². The number of hydrogen-bond acceptors (Lipinski definition) is 5. The van der Waals surface area contributed by atoms with Crippen molar-refractivity contribution >= 4 is 33.8 Å². The van der Waals surface area contributed by atoms with Crippen LogP contribution < -0.4 is 9.47 Å². The third-order valence-electron chi connectivity index (χ3n) is 8.06. The van der Waals surface area contributed by atoms with Gasteiger partial charge in [0.25, 0.3) is 0 Å². The lowest BCUT2D eigenvalue weighted by molar-refractivity contribution is -0.143. The number of fused-ring (bicyclic) bond motifs is 2. The molecule has 5 aromatic rings. The van der Waals surface area contributed by atoms with Gasteiger partial charge in [0.15, 0.2) is 0 Å². The zero-order valence-electron chi connectivity index (χ0n) is 29.6. The number of methoxy groups -OCH3 is 1. The van der Waals surface area contributed by atoms with Crippen LogP contribution in [0.2, 0.25) is 0 Å². The number of carbonyl (C=O) groups is 2. The number of aryl methyl sites for hydroxylation is 1. The molecule has 0 fully saturated rings. The van der Waals surface area contributed by atoms with Crippen molar-refractivity contribution in [2.24, 2.45) is 0 Å². The van der Waals surface area contributed by atoms with E-state index in [2.05, 4.69) is 91.3 Å². The van der Waals surface area contributed by atoms with Gasteiger partial charge in [-0.15, -0.1) is 0 Å². The molecule has 0 saturated heterocycles. The molecule has 0 aliphatic rings. The van der Waals surface area contributed by atoms with Crippen molar-refractivity contribution < 1.29 is 23.8 Å². The van der Waals surface area contributed by atoms with Crippen LogP contribution in [0.25, 0.3) is 21.5 Å². The number of carbonyl (C=O) groups excluding carboxylic acids is 2. The number of aldehydes is 1. The summed E-state index contributed by atoms with van der Waals surface area (Å²) in [5.74, 6) is 15.0. The molecule has 0 N–H and O–H groups in total. The van der Waals surface area contributed by atoms with Crippen LogP contribution in [0.1, 0.15) is 87.1 Å². The second kappa shape index (κ2) is 20.1. The minimum atomic E-state index is -0.128. The molecule has 0 unspecified atom stereocenters. The van der Waals surface area contributed by atoms with E-state index in [1.165, 1.54) is 5.56 Å². The molecular weight excluding hydrogens is 620 g/mol. The number of hydrogen-bond donors (Lipinski definition) is 0. The highest BCUT2D eigenvalue weighted by molar-refractivity contribution is 5.86. The molecule has 0 radical (unpaired) electrons. The Kier molecular flexibility index (Phi) is 15.0. The normalized spacial score (nSPS) is 10.2. The Labute approximate surface area is 297 Å². The third-order valence-corrected chi connectivity index (χ3v) is 8.06. The van der Waals surface area contributed by atoms with Crippen molar-refractivity contribution in [2.75, 3.05) is 20.3 Å². The summed E-state index contributed by atoms with van der Waals surface area (Å²) in [5, 5.41) is 4.54. The molecule has 50 heavy (non-hydrogen) atoms. The van der Waals surface area contributed by atoms with Gasteiger partial charge in [0.05, 0.1) is 20.3 Å². The molecule has 5 aromatic carbocycles. The highest BCUT2D eigenvalue weighted by Crippen LogP contribution is 2.24. The molecular formula is C45H46O5. The molecule has 0 saturated carbocycles. The Morgan fingerprint density at radius 3 is 1.74 bits per heavy atom. The second-order valence-electron chi connectivity index (χ2n) is 11.8. The summed E-state index contributed by atoms with van der Waals surface area (Å²) in [6.07, 6.45) is 6.79. The van der Waals surface area contributed by atoms with Gasteiger partial charge < -0.3 is 19.0 Å². The zero-order chi connectivity index (χ0) is 35.6. The predicted octanol–water partition coefficient (Wildman–Crippen LogP) is 9.85. The summed E-state index contributed by atoms with van der Waals surface area (Å²) in [6, 6.07) is 31.1. The van der Waals surface area contributed by atoms with Crippen LogP contribution in [0.5, 0.6) is 11.5 Å². The van der Waals surface area contributed by atoms with Gasteiger partial charge in [-0.05, 0) is 126 Å². The molecule has 0 heterocycles. The highest BCUT2D eigenvalue weighted by atomic mass is 16.5. The lowest BCUT2D eigenvalue weighted by atomic mass is 10.0. The molecule has 256 valence electrons. The van der Waals surface area contributed by atoms with Crippen LogP contribution in [0, 0.1) is 23.7 Å². The topological polar surface area (TPSA) is 61.8 Å². The first-order valence-corrected chi connectivity index (χ1v) is 17.5. The molecule has 0 atom stereocenters. The van der Waals surface area contributed by atoms with Crippen molar-refractivity contribution in [3.8, 4) is 35.2 Å². The van der Waals surface area contributed by atoms with E-state index in [1.54, 1.807) is 7.11 Å². The zero-order valence-corrected chi connectivity index (χ0v) is 29.6. The van der Waals surface area contributed by atoms with Crippen molar-refractivity contribution in [3.05, 3.63) is 119 Å².